The third-order valence-corrected chi connectivity index (χ3v) is 10.8. The minimum absolute atomic E-state index is 0.296. The highest BCUT2D eigenvalue weighted by atomic mass is 32.1. The van der Waals surface area contributed by atoms with Crippen LogP contribution < -0.4 is 4.90 Å². The van der Waals surface area contributed by atoms with Crippen LogP contribution in [0.1, 0.15) is 42.3 Å². The van der Waals surface area contributed by atoms with Crippen LogP contribution in [0.2, 0.25) is 0 Å². The van der Waals surface area contributed by atoms with Crippen LogP contribution in [-0.2, 0) is 12.5 Å². The largest absolute Gasteiger partial charge is 0.327 e. The number of thiophene rings is 1. The van der Waals surface area contributed by atoms with Gasteiger partial charge in [-0.25, -0.2) is 14.4 Å². The molecule has 0 bridgehead atoms. The number of anilines is 3. The summed E-state index contributed by atoms with van der Waals surface area (Å²) >= 11 is 1.83. The van der Waals surface area contributed by atoms with Gasteiger partial charge in [-0.05, 0) is 71.3 Å². The number of para-hydroxylation sites is 2. The van der Waals surface area contributed by atoms with Crippen LogP contribution >= 0.6 is 11.3 Å². The van der Waals surface area contributed by atoms with Crippen LogP contribution in [0, 0.1) is 0 Å². The second-order valence-corrected chi connectivity index (χ2v) is 13.9. The highest BCUT2D eigenvalue weighted by Gasteiger charge is 2.40. The highest BCUT2D eigenvalue weighted by Crippen LogP contribution is 2.55. The topological polar surface area (TPSA) is 34.0 Å². The summed E-state index contributed by atoms with van der Waals surface area (Å²) in [5.41, 5.74) is 8.12. The molecule has 0 fully saturated rings. The Labute approximate surface area is 276 Å². The van der Waals surface area contributed by atoms with Crippen molar-refractivity contribution in [2.75, 3.05) is 4.90 Å². The summed E-state index contributed by atoms with van der Waals surface area (Å²) in [5.74, 6) is 1.69. The second kappa shape index (κ2) is 10.3. The predicted octanol–water partition coefficient (Wildman–Crippen LogP) is 11.2. The van der Waals surface area contributed by atoms with E-state index in [0.717, 1.165) is 45.2 Å². The monoisotopic (exact) mass is 630 g/mol. The number of aryl methyl sites for hydroxylation is 1. The molecule has 3 aromatic heterocycles. The van der Waals surface area contributed by atoms with Gasteiger partial charge in [-0.2, -0.15) is 0 Å². The lowest BCUT2D eigenvalue weighted by atomic mass is 9.73. The van der Waals surface area contributed by atoms with Gasteiger partial charge in [0.1, 0.15) is 11.6 Å². The van der Waals surface area contributed by atoms with Crippen LogP contribution in [-0.4, -0.2) is 14.5 Å². The fourth-order valence-corrected chi connectivity index (χ4v) is 8.56. The lowest BCUT2D eigenvalue weighted by molar-refractivity contribution is 0.402. The van der Waals surface area contributed by atoms with Crippen molar-refractivity contribution in [3.8, 4) is 11.4 Å². The zero-order valence-electron chi connectivity index (χ0n) is 26.3. The summed E-state index contributed by atoms with van der Waals surface area (Å²) in [6.07, 6.45) is 0.525. The van der Waals surface area contributed by atoms with Gasteiger partial charge in [-0.3, -0.25) is 4.90 Å². The summed E-state index contributed by atoms with van der Waals surface area (Å²) in [4.78, 5) is 12.0. The number of hydrogen-bond donors (Lipinski definition) is 0. The Morgan fingerprint density at radius 2 is 1.55 bits per heavy atom. The summed E-state index contributed by atoms with van der Waals surface area (Å²) in [7, 11) is 2.00. The van der Waals surface area contributed by atoms with E-state index >= 15 is 4.39 Å². The number of rotatable bonds is 4. The van der Waals surface area contributed by atoms with Crippen molar-refractivity contribution in [1.29, 1.82) is 0 Å². The summed E-state index contributed by atoms with van der Waals surface area (Å²) < 4.78 is 21.2. The van der Waals surface area contributed by atoms with Gasteiger partial charge in [0.25, 0.3) is 0 Å². The maximum absolute atomic E-state index is 16.6. The fraction of sp³-hybridized carbons (Fsp3) is 0.122. The van der Waals surface area contributed by atoms with E-state index in [0.29, 0.717) is 11.1 Å². The van der Waals surface area contributed by atoms with Crippen LogP contribution in [0.4, 0.5) is 21.6 Å². The molecule has 0 aliphatic carbocycles. The van der Waals surface area contributed by atoms with Gasteiger partial charge in [-0.1, -0.05) is 80.6 Å². The molecule has 0 amide bonds. The third kappa shape index (κ3) is 4.18. The van der Waals surface area contributed by atoms with Gasteiger partial charge in [0.15, 0.2) is 6.17 Å². The van der Waals surface area contributed by atoms with Gasteiger partial charge < -0.3 is 4.57 Å². The van der Waals surface area contributed by atoms with Gasteiger partial charge >= 0.3 is 0 Å². The molecular weight excluding hydrogens is 600 g/mol. The number of alkyl halides is 1. The first kappa shape index (κ1) is 27.9. The highest BCUT2D eigenvalue weighted by molar-refractivity contribution is 7.25. The lowest BCUT2D eigenvalue weighted by Gasteiger charge is -2.41. The predicted molar refractivity (Wildman–Crippen MR) is 193 cm³/mol. The second-order valence-electron chi connectivity index (χ2n) is 12.8. The molecule has 9 rings (SSSR count). The molecule has 8 aromatic rings. The lowest BCUT2D eigenvalue weighted by Crippen LogP contribution is -2.31. The first-order chi connectivity index (χ1) is 22.9. The summed E-state index contributed by atoms with van der Waals surface area (Å²) in [6.45, 7) is 4.59. The van der Waals surface area contributed by atoms with Crippen molar-refractivity contribution >= 4 is 59.7 Å². The molecule has 6 heteroatoms. The van der Waals surface area contributed by atoms with Crippen molar-refractivity contribution in [3.63, 3.8) is 0 Å². The molecule has 47 heavy (non-hydrogen) atoms. The molecule has 0 N–H and O–H groups in total. The van der Waals surface area contributed by atoms with Gasteiger partial charge in [0, 0.05) is 55.6 Å². The standard InChI is InChI=1S/C41H31FN4S/c1-41(2)30-16-10-22-43-40(30)46(33-20-21-35-36(37(33)41)29-15-4-7-19-34(29)47-35)28-14-9-12-26(24-28)38(42)25-11-8-13-27(23-25)39-44-31-17-5-6-18-32(31)45(39)3/h4-24,38H,1-3H3. The van der Waals surface area contributed by atoms with Crippen molar-refractivity contribution in [2.24, 2.45) is 7.05 Å². The molecule has 5 aromatic carbocycles. The van der Waals surface area contributed by atoms with E-state index in [1.807, 2.05) is 91.3 Å². The van der Waals surface area contributed by atoms with Crippen LogP contribution in [0.3, 0.4) is 0 Å². The molecule has 0 saturated heterocycles. The number of aromatic nitrogens is 3. The van der Waals surface area contributed by atoms with E-state index in [9.17, 15) is 0 Å². The van der Waals surface area contributed by atoms with E-state index in [-0.39, 0.29) is 5.41 Å². The summed E-state index contributed by atoms with van der Waals surface area (Å²) in [6, 6.07) is 40.9. The number of benzene rings is 5. The molecule has 228 valence electrons. The molecule has 1 aliphatic heterocycles. The number of pyridine rings is 1. The Bertz CT molecular complexity index is 2510. The first-order valence-corrected chi connectivity index (χ1v) is 16.7. The maximum atomic E-state index is 16.6. The smallest absolute Gasteiger partial charge is 0.150 e. The molecule has 4 heterocycles. The Hall–Kier alpha value is -5.33. The minimum atomic E-state index is -1.32. The minimum Gasteiger partial charge on any atom is -0.327 e. The Morgan fingerprint density at radius 1 is 0.766 bits per heavy atom. The number of fused-ring (bicyclic) bond motifs is 7. The van der Waals surface area contributed by atoms with Crippen LogP contribution in [0.25, 0.3) is 42.6 Å². The van der Waals surface area contributed by atoms with Gasteiger partial charge in [0.05, 0.1) is 16.7 Å². The van der Waals surface area contributed by atoms with Gasteiger partial charge in [-0.15, -0.1) is 11.3 Å². The van der Waals surface area contributed by atoms with Crippen molar-refractivity contribution in [1.82, 2.24) is 14.5 Å². The molecule has 1 unspecified atom stereocenters. The van der Waals surface area contributed by atoms with Crippen LogP contribution in [0.5, 0.6) is 0 Å². The molecule has 0 spiro atoms. The fourth-order valence-electron chi connectivity index (χ4n) is 7.45. The van der Waals surface area contributed by atoms with E-state index in [1.165, 1.54) is 25.7 Å². The van der Waals surface area contributed by atoms with E-state index in [2.05, 4.69) is 77.9 Å². The average Bonchev–Trinajstić information content (AvgIpc) is 3.65. The molecule has 1 atom stereocenters. The maximum Gasteiger partial charge on any atom is 0.150 e. The zero-order valence-corrected chi connectivity index (χ0v) is 27.1. The molecule has 4 nitrogen and oxygen atoms in total. The Morgan fingerprint density at radius 3 is 2.43 bits per heavy atom. The zero-order chi connectivity index (χ0) is 31.9. The third-order valence-electron chi connectivity index (χ3n) is 9.70. The van der Waals surface area contributed by atoms with Gasteiger partial charge in [0.2, 0.25) is 0 Å². The van der Waals surface area contributed by atoms with E-state index in [1.54, 1.807) is 0 Å². The van der Waals surface area contributed by atoms with E-state index in [4.69, 9.17) is 9.97 Å². The van der Waals surface area contributed by atoms with Crippen molar-refractivity contribution in [3.05, 3.63) is 150 Å². The number of nitrogens with zero attached hydrogens (tertiary/aromatic N) is 4. The van der Waals surface area contributed by atoms with Crippen molar-refractivity contribution in [2.45, 2.75) is 25.4 Å². The number of halogens is 1. The van der Waals surface area contributed by atoms with Crippen molar-refractivity contribution < 1.29 is 4.39 Å². The normalized spacial score (nSPS) is 14.4. The van der Waals surface area contributed by atoms with Crippen LogP contribution in [0.15, 0.2) is 128 Å². The molecule has 1 aliphatic rings. The molecule has 0 radical (unpaired) electrons. The Balaban J connectivity index is 1.18. The number of hydrogen-bond acceptors (Lipinski definition) is 4. The van der Waals surface area contributed by atoms with E-state index < -0.39 is 6.17 Å². The quantitative estimate of drug-likeness (QED) is 0.194. The Kier molecular flexibility index (Phi) is 6.15. The SMILES string of the molecule is Cn1c(-c2cccc(C(F)c3cccc(N4c5ccc6sc7ccccc7c6c5C(C)(C)c5cccnc54)c3)c2)nc2ccccc21. The molecule has 0 saturated carbocycles. The molecular formula is C41H31FN4S. The summed E-state index contributed by atoms with van der Waals surface area (Å²) in [5, 5.41) is 2.55. The average molecular weight is 631 g/mol. The number of imidazole rings is 1. The first-order valence-electron chi connectivity index (χ1n) is 15.9.